The van der Waals surface area contributed by atoms with Crippen molar-refractivity contribution in [3.8, 4) is 17.2 Å². The zero-order valence-corrected chi connectivity index (χ0v) is 15.9. The Hall–Kier alpha value is -3.67. The molecule has 4 rings (SSSR count). The minimum absolute atomic E-state index is 0.223. The topological polar surface area (TPSA) is 69.9 Å². The van der Waals surface area contributed by atoms with Crippen molar-refractivity contribution in [1.29, 1.82) is 0 Å². The number of rotatable bonds is 8. The third kappa shape index (κ3) is 4.43. The maximum absolute atomic E-state index is 12.4. The third-order valence-corrected chi connectivity index (χ3v) is 4.48. The van der Waals surface area contributed by atoms with E-state index in [1.54, 1.807) is 12.1 Å². The van der Waals surface area contributed by atoms with Crippen LogP contribution in [0.1, 0.15) is 27.4 Å². The van der Waals surface area contributed by atoms with Gasteiger partial charge in [-0.15, -0.1) is 6.58 Å². The summed E-state index contributed by atoms with van der Waals surface area (Å²) in [5, 5.41) is 2.84. The second-order valence-electron chi connectivity index (χ2n) is 6.53. The standard InChI is InChI=1S/C23H21NO5/c1-2-5-17-6-3-4-7-19(17)26-14-18-9-11-21(29-18)23(25)24-13-16-8-10-20-22(12-16)28-15-27-20/h2-4,6-12H,1,5,13-15H2,(H,24,25). The Morgan fingerprint density at radius 1 is 1.10 bits per heavy atom. The van der Waals surface area contributed by atoms with Crippen molar-refractivity contribution in [3.63, 3.8) is 0 Å². The smallest absolute Gasteiger partial charge is 0.287 e. The molecule has 2 aromatic carbocycles. The Labute approximate surface area is 168 Å². The van der Waals surface area contributed by atoms with Gasteiger partial charge in [0.2, 0.25) is 6.79 Å². The lowest BCUT2D eigenvalue weighted by atomic mass is 10.1. The molecule has 1 aliphatic rings. The van der Waals surface area contributed by atoms with E-state index in [1.807, 2.05) is 48.5 Å². The number of benzene rings is 2. The lowest BCUT2D eigenvalue weighted by Crippen LogP contribution is -2.22. The molecule has 148 valence electrons. The van der Waals surface area contributed by atoms with Crippen LogP contribution in [-0.2, 0) is 19.6 Å². The molecule has 0 radical (unpaired) electrons. The molecule has 0 atom stereocenters. The van der Waals surface area contributed by atoms with Crippen LogP contribution in [0.4, 0.5) is 0 Å². The summed E-state index contributed by atoms with van der Waals surface area (Å²) in [5.41, 5.74) is 1.97. The largest absolute Gasteiger partial charge is 0.485 e. The van der Waals surface area contributed by atoms with Gasteiger partial charge in [0.25, 0.3) is 5.91 Å². The Bertz CT molecular complexity index is 1020. The van der Waals surface area contributed by atoms with E-state index in [0.717, 1.165) is 23.3 Å². The van der Waals surface area contributed by atoms with Gasteiger partial charge in [0.05, 0.1) is 0 Å². The molecule has 0 unspecified atom stereocenters. The summed E-state index contributed by atoms with van der Waals surface area (Å²) >= 11 is 0. The summed E-state index contributed by atoms with van der Waals surface area (Å²) < 4.78 is 22.1. The number of carbonyl (C=O) groups excluding carboxylic acids is 1. The summed E-state index contributed by atoms with van der Waals surface area (Å²) in [7, 11) is 0. The van der Waals surface area contributed by atoms with E-state index in [2.05, 4.69) is 11.9 Å². The third-order valence-electron chi connectivity index (χ3n) is 4.48. The zero-order chi connectivity index (χ0) is 20.1. The minimum Gasteiger partial charge on any atom is -0.485 e. The molecule has 0 saturated carbocycles. The molecule has 0 bridgehead atoms. The van der Waals surface area contributed by atoms with Crippen LogP contribution in [0.15, 0.2) is 71.7 Å². The number of ether oxygens (including phenoxy) is 3. The van der Waals surface area contributed by atoms with Gasteiger partial charge in [-0.25, -0.2) is 0 Å². The number of nitrogens with one attached hydrogen (secondary N) is 1. The molecule has 3 aromatic rings. The number of hydrogen-bond donors (Lipinski definition) is 1. The van der Waals surface area contributed by atoms with E-state index in [9.17, 15) is 4.79 Å². The summed E-state index contributed by atoms with van der Waals surface area (Å²) in [6.07, 6.45) is 2.56. The summed E-state index contributed by atoms with van der Waals surface area (Å²) in [6.45, 7) is 4.58. The van der Waals surface area contributed by atoms with E-state index in [4.69, 9.17) is 18.6 Å². The van der Waals surface area contributed by atoms with Crippen LogP contribution >= 0.6 is 0 Å². The Morgan fingerprint density at radius 2 is 1.97 bits per heavy atom. The van der Waals surface area contributed by atoms with Gasteiger partial charge < -0.3 is 23.9 Å². The van der Waals surface area contributed by atoms with E-state index < -0.39 is 0 Å². The van der Waals surface area contributed by atoms with Crippen LogP contribution in [-0.4, -0.2) is 12.7 Å². The first-order chi connectivity index (χ1) is 14.2. The van der Waals surface area contributed by atoms with Crippen LogP contribution in [0.5, 0.6) is 17.2 Å². The highest BCUT2D eigenvalue weighted by Gasteiger charge is 2.15. The first-order valence-electron chi connectivity index (χ1n) is 9.30. The molecule has 1 N–H and O–H groups in total. The van der Waals surface area contributed by atoms with Crippen LogP contribution < -0.4 is 19.5 Å². The predicted molar refractivity (Wildman–Crippen MR) is 107 cm³/mol. The monoisotopic (exact) mass is 391 g/mol. The van der Waals surface area contributed by atoms with Gasteiger partial charge in [0.15, 0.2) is 17.3 Å². The SMILES string of the molecule is C=CCc1ccccc1OCc1ccc(C(=O)NCc2ccc3c(c2)OCO3)o1. The highest BCUT2D eigenvalue weighted by atomic mass is 16.7. The van der Waals surface area contributed by atoms with E-state index in [-0.39, 0.29) is 25.1 Å². The summed E-state index contributed by atoms with van der Waals surface area (Å²) in [4.78, 5) is 12.4. The number of amides is 1. The molecule has 2 heterocycles. The van der Waals surface area contributed by atoms with E-state index in [1.165, 1.54) is 0 Å². The fraction of sp³-hybridized carbons (Fsp3) is 0.174. The van der Waals surface area contributed by atoms with Gasteiger partial charge in [0.1, 0.15) is 18.1 Å². The van der Waals surface area contributed by atoms with E-state index >= 15 is 0 Å². The Balaban J connectivity index is 1.32. The molecular formula is C23H21NO5. The number of allylic oxidation sites excluding steroid dienone is 1. The maximum atomic E-state index is 12.4. The number of hydrogen-bond acceptors (Lipinski definition) is 5. The maximum Gasteiger partial charge on any atom is 0.287 e. The van der Waals surface area contributed by atoms with Crippen molar-refractivity contribution < 1.29 is 23.4 Å². The predicted octanol–water partition coefficient (Wildman–Crippen LogP) is 4.25. The lowest BCUT2D eigenvalue weighted by molar-refractivity contribution is 0.0919. The first kappa shape index (κ1) is 18.7. The van der Waals surface area contributed by atoms with Gasteiger partial charge in [-0.05, 0) is 47.9 Å². The number of furan rings is 1. The minimum atomic E-state index is -0.291. The zero-order valence-electron chi connectivity index (χ0n) is 15.9. The highest BCUT2D eigenvalue weighted by molar-refractivity contribution is 5.91. The molecule has 0 aliphatic carbocycles. The second-order valence-corrected chi connectivity index (χ2v) is 6.53. The number of para-hydroxylation sites is 1. The molecule has 29 heavy (non-hydrogen) atoms. The Kier molecular flexibility index (Phi) is 5.52. The van der Waals surface area contributed by atoms with Crippen LogP contribution in [0.2, 0.25) is 0 Å². The fourth-order valence-corrected chi connectivity index (χ4v) is 3.02. The van der Waals surface area contributed by atoms with Crippen LogP contribution in [0.3, 0.4) is 0 Å². The molecule has 0 saturated heterocycles. The van der Waals surface area contributed by atoms with Gasteiger partial charge in [-0.2, -0.15) is 0 Å². The van der Waals surface area contributed by atoms with Crippen molar-refractivity contribution in [3.05, 3.63) is 89.9 Å². The van der Waals surface area contributed by atoms with Crippen molar-refractivity contribution in [2.75, 3.05) is 6.79 Å². The van der Waals surface area contributed by atoms with Crippen molar-refractivity contribution in [2.45, 2.75) is 19.6 Å². The van der Waals surface area contributed by atoms with Crippen molar-refractivity contribution >= 4 is 5.91 Å². The fourth-order valence-electron chi connectivity index (χ4n) is 3.02. The molecule has 6 heteroatoms. The number of carbonyl (C=O) groups is 1. The normalized spacial score (nSPS) is 11.9. The highest BCUT2D eigenvalue weighted by Crippen LogP contribution is 2.32. The number of fused-ring (bicyclic) bond motifs is 1. The van der Waals surface area contributed by atoms with Gasteiger partial charge in [-0.1, -0.05) is 30.3 Å². The lowest BCUT2D eigenvalue weighted by Gasteiger charge is -2.09. The summed E-state index contributed by atoms with van der Waals surface area (Å²) in [5.74, 6) is 2.70. The molecule has 0 spiro atoms. The van der Waals surface area contributed by atoms with E-state index in [0.29, 0.717) is 23.8 Å². The molecule has 6 nitrogen and oxygen atoms in total. The molecule has 1 aliphatic heterocycles. The molecule has 0 fully saturated rings. The quantitative estimate of drug-likeness (QED) is 0.582. The average molecular weight is 391 g/mol. The molecule has 1 aromatic heterocycles. The van der Waals surface area contributed by atoms with Crippen molar-refractivity contribution in [1.82, 2.24) is 5.32 Å². The first-order valence-corrected chi connectivity index (χ1v) is 9.30. The van der Waals surface area contributed by atoms with Crippen LogP contribution in [0, 0.1) is 0 Å². The Morgan fingerprint density at radius 3 is 2.86 bits per heavy atom. The van der Waals surface area contributed by atoms with Crippen molar-refractivity contribution in [2.24, 2.45) is 0 Å². The van der Waals surface area contributed by atoms with Gasteiger partial charge in [-0.3, -0.25) is 4.79 Å². The molecular weight excluding hydrogens is 370 g/mol. The molecule has 1 amide bonds. The van der Waals surface area contributed by atoms with Crippen LogP contribution in [0.25, 0.3) is 0 Å². The van der Waals surface area contributed by atoms with Gasteiger partial charge in [0, 0.05) is 6.54 Å². The average Bonchev–Trinajstić information content (AvgIpc) is 3.40. The van der Waals surface area contributed by atoms with Gasteiger partial charge >= 0.3 is 0 Å². The summed E-state index contributed by atoms with van der Waals surface area (Å²) in [6, 6.07) is 16.7. The second kappa shape index (κ2) is 8.56.